The van der Waals surface area contributed by atoms with Crippen molar-refractivity contribution in [3.63, 3.8) is 0 Å². The molecule has 3 nitrogen and oxygen atoms in total. The molecule has 2 aliphatic carbocycles. The molecular formula is C28H16Cl2O3. The van der Waals surface area contributed by atoms with Crippen LogP contribution in [0.2, 0.25) is 0 Å². The molecule has 0 aliphatic heterocycles. The minimum atomic E-state index is -1.65. The minimum absolute atomic E-state index is 0.585. The van der Waals surface area contributed by atoms with Gasteiger partial charge in [0, 0.05) is 0 Å². The van der Waals surface area contributed by atoms with Gasteiger partial charge in [-0.15, -0.1) is 0 Å². The fourth-order valence-corrected chi connectivity index (χ4v) is 5.76. The third-order valence-corrected chi connectivity index (χ3v) is 7.64. The first-order chi connectivity index (χ1) is 16.0. The van der Waals surface area contributed by atoms with Crippen LogP contribution in [0.3, 0.4) is 0 Å². The average molecular weight is 471 g/mol. The zero-order chi connectivity index (χ0) is 22.8. The van der Waals surface area contributed by atoms with E-state index >= 15 is 0 Å². The molecule has 0 N–H and O–H groups in total. The van der Waals surface area contributed by atoms with Crippen molar-refractivity contribution in [2.45, 2.75) is 9.75 Å². The number of fused-ring (bicyclic) bond motifs is 6. The summed E-state index contributed by atoms with van der Waals surface area (Å²) >= 11 is 14.0. The van der Waals surface area contributed by atoms with Crippen molar-refractivity contribution in [3.05, 3.63) is 119 Å². The molecule has 0 bridgehead atoms. The van der Waals surface area contributed by atoms with Crippen LogP contribution in [0.1, 0.15) is 22.3 Å². The molecule has 0 radical (unpaired) electrons. The van der Waals surface area contributed by atoms with Crippen molar-refractivity contribution < 1.29 is 14.3 Å². The molecule has 4 aromatic carbocycles. The Kier molecular flexibility index (Phi) is 4.32. The molecule has 0 fully saturated rings. The lowest BCUT2D eigenvalue weighted by Gasteiger charge is -2.26. The van der Waals surface area contributed by atoms with Gasteiger partial charge in [-0.2, -0.15) is 0 Å². The van der Waals surface area contributed by atoms with Crippen molar-refractivity contribution in [1.29, 1.82) is 0 Å². The van der Waals surface area contributed by atoms with Crippen molar-refractivity contribution in [3.8, 4) is 22.3 Å². The summed E-state index contributed by atoms with van der Waals surface area (Å²) in [6.45, 7) is 0. The number of carbonyl (C=O) groups excluding carboxylic acids is 2. The molecule has 6 rings (SSSR count). The summed E-state index contributed by atoms with van der Waals surface area (Å²) in [5.41, 5.74) is 5.69. The van der Waals surface area contributed by atoms with Gasteiger partial charge < -0.3 is 4.74 Å². The summed E-state index contributed by atoms with van der Waals surface area (Å²) in [6.07, 6.45) is 0. The van der Waals surface area contributed by atoms with Crippen LogP contribution in [0.5, 0.6) is 0 Å². The molecule has 0 spiro atoms. The summed E-state index contributed by atoms with van der Waals surface area (Å²) in [5.74, 6) is -1.73. The number of hydrogen-bond acceptors (Lipinski definition) is 3. The standard InChI is InChI=1S/C28H16Cl2O3/c29-27(21-13-5-1-9-17(21)18-10-2-6-14-22(18)27)25(31)33-26(32)28(30)23-15-7-3-11-19(23)20-12-4-8-16-24(20)28/h1-16H. The second-order valence-electron chi connectivity index (χ2n) is 8.18. The van der Waals surface area contributed by atoms with E-state index < -0.39 is 21.7 Å². The Bertz CT molecular complexity index is 1270. The van der Waals surface area contributed by atoms with Crippen LogP contribution in [-0.2, 0) is 24.1 Å². The molecule has 0 atom stereocenters. The Morgan fingerprint density at radius 1 is 0.485 bits per heavy atom. The van der Waals surface area contributed by atoms with Gasteiger partial charge in [-0.25, -0.2) is 9.59 Å². The molecule has 0 aromatic heterocycles. The summed E-state index contributed by atoms with van der Waals surface area (Å²) in [5, 5.41) is 0. The fraction of sp³-hybridized carbons (Fsp3) is 0.0714. The molecule has 33 heavy (non-hydrogen) atoms. The van der Waals surface area contributed by atoms with Crippen LogP contribution >= 0.6 is 23.2 Å². The maximum atomic E-state index is 13.6. The highest BCUT2D eigenvalue weighted by atomic mass is 35.5. The number of benzene rings is 4. The molecular weight excluding hydrogens is 455 g/mol. The lowest BCUT2D eigenvalue weighted by molar-refractivity contribution is -0.162. The smallest absolute Gasteiger partial charge is 0.344 e. The Balaban J connectivity index is 1.44. The van der Waals surface area contributed by atoms with E-state index in [0.717, 1.165) is 22.3 Å². The SMILES string of the molecule is O=C(OC(=O)C1(Cl)c2ccccc2-c2ccccc21)C1(Cl)c2ccccc2-c2ccccc21. The van der Waals surface area contributed by atoms with Gasteiger partial charge in [-0.05, 0) is 44.5 Å². The van der Waals surface area contributed by atoms with Crippen LogP contribution in [0.15, 0.2) is 97.1 Å². The summed E-state index contributed by atoms with van der Waals surface area (Å²) in [6, 6.07) is 29.5. The van der Waals surface area contributed by atoms with Gasteiger partial charge in [0.1, 0.15) is 0 Å². The van der Waals surface area contributed by atoms with Gasteiger partial charge in [0.25, 0.3) is 0 Å². The van der Waals surface area contributed by atoms with Crippen molar-refractivity contribution in [1.82, 2.24) is 0 Å². The molecule has 160 valence electrons. The van der Waals surface area contributed by atoms with Crippen LogP contribution in [-0.4, -0.2) is 11.9 Å². The Labute approximate surface area is 200 Å². The fourth-order valence-electron chi connectivity index (χ4n) is 5.03. The second kappa shape index (κ2) is 7.05. The van der Waals surface area contributed by atoms with Crippen LogP contribution in [0, 0.1) is 0 Å². The van der Waals surface area contributed by atoms with Gasteiger partial charge in [0.15, 0.2) is 9.75 Å². The minimum Gasteiger partial charge on any atom is -0.389 e. The normalized spacial score (nSPS) is 15.7. The maximum Gasteiger partial charge on any atom is 0.344 e. The molecule has 0 amide bonds. The summed E-state index contributed by atoms with van der Waals surface area (Å²) in [7, 11) is 0. The Hall–Kier alpha value is -3.40. The van der Waals surface area contributed by atoms with Crippen LogP contribution in [0.4, 0.5) is 0 Å². The third kappa shape index (κ3) is 2.58. The van der Waals surface area contributed by atoms with E-state index in [1.54, 1.807) is 24.3 Å². The van der Waals surface area contributed by atoms with E-state index in [4.69, 9.17) is 27.9 Å². The number of carbonyl (C=O) groups is 2. The number of rotatable bonds is 2. The molecule has 5 heteroatoms. The highest BCUT2D eigenvalue weighted by molar-refractivity contribution is 6.41. The summed E-state index contributed by atoms with van der Waals surface area (Å²) < 4.78 is 5.51. The molecule has 0 unspecified atom stereocenters. The molecule has 0 heterocycles. The van der Waals surface area contributed by atoms with E-state index in [0.29, 0.717) is 22.3 Å². The van der Waals surface area contributed by atoms with Crippen molar-refractivity contribution in [2.75, 3.05) is 0 Å². The monoisotopic (exact) mass is 470 g/mol. The van der Waals surface area contributed by atoms with E-state index in [-0.39, 0.29) is 0 Å². The first-order valence-corrected chi connectivity index (χ1v) is 11.3. The highest BCUT2D eigenvalue weighted by Gasteiger charge is 2.54. The lowest BCUT2D eigenvalue weighted by atomic mass is 9.94. The van der Waals surface area contributed by atoms with Gasteiger partial charge in [-0.1, -0.05) is 120 Å². The zero-order valence-electron chi connectivity index (χ0n) is 17.2. The van der Waals surface area contributed by atoms with Gasteiger partial charge >= 0.3 is 11.9 Å². The van der Waals surface area contributed by atoms with Crippen LogP contribution in [0.25, 0.3) is 22.3 Å². The lowest BCUT2D eigenvalue weighted by Crippen LogP contribution is -2.39. The number of ether oxygens (including phenoxy) is 1. The number of alkyl halides is 2. The van der Waals surface area contributed by atoms with Gasteiger partial charge in [-0.3, -0.25) is 0 Å². The first-order valence-electron chi connectivity index (χ1n) is 10.5. The molecule has 0 saturated heterocycles. The topological polar surface area (TPSA) is 43.4 Å². The molecule has 2 aliphatic rings. The van der Waals surface area contributed by atoms with E-state index in [2.05, 4.69) is 0 Å². The third-order valence-electron chi connectivity index (χ3n) is 6.52. The van der Waals surface area contributed by atoms with E-state index in [9.17, 15) is 9.59 Å². The predicted octanol–water partition coefficient (Wildman–Crippen LogP) is 6.38. The second-order valence-corrected chi connectivity index (χ2v) is 9.31. The quantitative estimate of drug-likeness (QED) is 0.194. The number of esters is 2. The first kappa shape index (κ1) is 20.2. The van der Waals surface area contributed by atoms with Crippen molar-refractivity contribution >= 4 is 35.1 Å². The Morgan fingerprint density at radius 3 is 1.00 bits per heavy atom. The maximum absolute atomic E-state index is 13.6. The molecule has 0 saturated carbocycles. The summed E-state index contributed by atoms with van der Waals surface area (Å²) in [4.78, 5) is 23.9. The Morgan fingerprint density at radius 2 is 0.727 bits per heavy atom. The van der Waals surface area contributed by atoms with Crippen LogP contribution < -0.4 is 0 Å². The molecule has 4 aromatic rings. The number of hydrogen-bond donors (Lipinski definition) is 0. The highest BCUT2D eigenvalue weighted by Crippen LogP contribution is 2.54. The average Bonchev–Trinajstić information content (AvgIpc) is 3.28. The number of halogens is 2. The van der Waals surface area contributed by atoms with E-state index in [1.165, 1.54) is 0 Å². The predicted molar refractivity (Wildman–Crippen MR) is 128 cm³/mol. The largest absolute Gasteiger partial charge is 0.389 e. The van der Waals surface area contributed by atoms with Gasteiger partial charge in [0.05, 0.1) is 0 Å². The van der Waals surface area contributed by atoms with Crippen molar-refractivity contribution in [2.24, 2.45) is 0 Å². The van der Waals surface area contributed by atoms with E-state index in [1.807, 2.05) is 72.8 Å². The zero-order valence-corrected chi connectivity index (χ0v) is 18.7. The van der Waals surface area contributed by atoms with Gasteiger partial charge in [0.2, 0.25) is 0 Å².